The maximum Gasteiger partial charge on any atom is 0.416 e. The molecule has 0 radical (unpaired) electrons. The zero-order chi connectivity index (χ0) is 20.6. The van der Waals surface area contributed by atoms with Crippen LogP contribution in [0.25, 0.3) is 11.4 Å². The van der Waals surface area contributed by atoms with Gasteiger partial charge in [-0.3, -0.25) is 4.79 Å². The summed E-state index contributed by atoms with van der Waals surface area (Å²) in [7, 11) is 0. The van der Waals surface area contributed by atoms with E-state index in [4.69, 9.17) is 4.52 Å². The van der Waals surface area contributed by atoms with Gasteiger partial charge in [0, 0.05) is 17.7 Å². The van der Waals surface area contributed by atoms with E-state index in [1.165, 1.54) is 36.4 Å². The summed E-state index contributed by atoms with van der Waals surface area (Å²) in [4.78, 5) is 18.5. The zero-order valence-corrected chi connectivity index (χ0v) is 15.0. The number of hydrogen-bond acceptors (Lipinski definition) is 4. The first-order valence-corrected chi connectivity index (χ1v) is 8.91. The summed E-state index contributed by atoms with van der Waals surface area (Å²) in [5.41, 5.74) is -0.310. The maximum absolute atomic E-state index is 13.1. The Balaban J connectivity index is 1.59. The molecule has 5 nitrogen and oxygen atoms in total. The minimum Gasteiger partial charge on any atom is -0.337 e. The van der Waals surface area contributed by atoms with Crippen molar-refractivity contribution in [3.8, 4) is 11.4 Å². The van der Waals surface area contributed by atoms with Gasteiger partial charge in [-0.25, -0.2) is 4.39 Å². The van der Waals surface area contributed by atoms with Gasteiger partial charge in [0.1, 0.15) is 11.9 Å². The van der Waals surface area contributed by atoms with Crippen molar-refractivity contribution in [2.45, 2.75) is 25.1 Å². The second-order valence-electron chi connectivity index (χ2n) is 6.70. The van der Waals surface area contributed by atoms with Crippen LogP contribution in [-0.4, -0.2) is 27.5 Å². The number of benzene rings is 2. The average Bonchev–Trinajstić information content (AvgIpc) is 3.37. The highest BCUT2D eigenvalue weighted by Gasteiger charge is 2.35. The van der Waals surface area contributed by atoms with Gasteiger partial charge in [0.15, 0.2) is 0 Å². The number of halogens is 4. The molecule has 0 bridgehead atoms. The minimum absolute atomic E-state index is 0.0205. The van der Waals surface area contributed by atoms with Gasteiger partial charge in [-0.05, 0) is 49.2 Å². The highest BCUT2D eigenvalue weighted by atomic mass is 19.4. The molecule has 2 aromatic carbocycles. The lowest BCUT2D eigenvalue weighted by molar-refractivity contribution is -0.137. The van der Waals surface area contributed by atoms with Crippen LogP contribution in [0.4, 0.5) is 17.6 Å². The van der Waals surface area contributed by atoms with Gasteiger partial charge in [-0.2, -0.15) is 18.2 Å². The molecule has 1 aliphatic rings. The SMILES string of the molecule is O=C(c1ccc(F)cc1)N1CCCC1c1nc(-c2cccc(C(F)(F)F)c2)no1. The van der Waals surface area contributed by atoms with E-state index in [2.05, 4.69) is 10.1 Å². The van der Waals surface area contributed by atoms with Gasteiger partial charge >= 0.3 is 6.18 Å². The fraction of sp³-hybridized carbons (Fsp3) is 0.250. The van der Waals surface area contributed by atoms with E-state index in [9.17, 15) is 22.4 Å². The van der Waals surface area contributed by atoms with Crippen molar-refractivity contribution in [1.29, 1.82) is 0 Å². The lowest BCUT2D eigenvalue weighted by Gasteiger charge is -2.21. The summed E-state index contributed by atoms with van der Waals surface area (Å²) in [6.45, 7) is 0.460. The van der Waals surface area contributed by atoms with Crippen LogP contribution in [0.2, 0.25) is 0 Å². The number of nitrogens with zero attached hydrogens (tertiary/aromatic N) is 3. The van der Waals surface area contributed by atoms with Crippen molar-refractivity contribution in [3.05, 3.63) is 71.4 Å². The Kier molecular flexibility index (Phi) is 4.81. The molecule has 29 heavy (non-hydrogen) atoms. The smallest absolute Gasteiger partial charge is 0.337 e. The number of hydrogen-bond donors (Lipinski definition) is 0. The molecule has 1 atom stereocenters. The molecule has 0 saturated carbocycles. The van der Waals surface area contributed by atoms with E-state index >= 15 is 0 Å². The van der Waals surface area contributed by atoms with Gasteiger partial charge in [0.25, 0.3) is 5.91 Å². The number of aromatic nitrogens is 2. The van der Waals surface area contributed by atoms with E-state index in [0.717, 1.165) is 12.1 Å². The summed E-state index contributed by atoms with van der Waals surface area (Å²) in [5.74, 6) is -0.564. The summed E-state index contributed by atoms with van der Waals surface area (Å²) in [6.07, 6.45) is -3.19. The first-order valence-electron chi connectivity index (χ1n) is 8.91. The number of rotatable bonds is 3. The molecule has 3 aromatic rings. The zero-order valence-electron chi connectivity index (χ0n) is 15.0. The third-order valence-corrected chi connectivity index (χ3v) is 4.78. The Labute approximate surface area is 162 Å². The molecule has 1 aliphatic heterocycles. The van der Waals surface area contributed by atoms with Gasteiger partial charge in [0.05, 0.1) is 5.56 Å². The molecule has 4 rings (SSSR count). The summed E-state index contributed by atoms with van der Waals surface area (Å²) >= 11 is 0. The van der Waals surface area contributed by atoms with E-state index in [-0.39, 0.29) is 23.2 Å². The van der Waals surface area contributed by atoms with Crippen LogP contribution < -0.4 is 0 Å². The highest BCUT2D eigenvalue weighted by Crippen LogP contribution is 2.35. The molecule has 1 amide bonds. The number of alkyl halides is 3. The van der Waals surface area contributed by atoms with Crippen LogP contribution in [-0.2, 0) is 6.18 Å². The first-order chi connectivity index (χ1) is 13.8. The van der Waals surface area contributed by atoms with Gasteiger partial charge in [-0.1, -0.05) is 17.3 Å². The number of carbonyl (C=O) groups is 1. The van der Waals surface area contributed by atoms with E-state index in [1.54, 1.807) is 4.90 Å². The molecular weight excluding hydrogens is 390 g/mol. The van der Waals surface area contributed by atoms with Crippen LogP contribution in [0, 0.1) is 5.82 Å². The Morgan fingerprint density at radius 3 is 2.62 bits per heavy atom. The maximum atomic E-state index is 13.1. The fourth-order valence-corrected chi connectivity index (χ4v) is 3.35. The molecule has 2 heterocycles. The molecule has 0 N–H and O–H groups in total. The lowest BCUT2D eigenvalue weighted by atomic mass is 10.1. The van der Waals surface area contributed by atoms with Crippen LogP contribution in [0.15, 0.2) is 53.1 Å². The largest absolute Gasteiger partial charge is 0.416 e. The number of amides is 1. The van der Waals surface area contributed by atoms with Crippen LogP contribution in [0.5, 0.6) is 0 Å². The molecular formula is C20H15F4N3O2. The second kappa shape index (κ2) is 7.31. The standard InChI is InChI=1S/C20H15F4N3O2/c21-15-8-6-12(7-9-15)19(28)27-10-2-5-16(27)18-25-17(26-29-18)13-3-1-4-14(11-13)20(22,23)24/h1,3-4,6-9,11,16H,2,5,10H2. The lowest BCUT2D eigenvalue weighted by Crippen LogP contribution is -2.30. The Bertz CT molecular complexity index is 1030. The third kappa shape index (κ3) is 3.85. The molecule has 9 heteroatoms. The molecule has 150 valence electrons. The fourth-order valence-electron chi connectivity index (χ4n) is 3.35. The summed E-state index contributed by atoms with van der Waals surface area (Å²) in [5, 5.41) is 3.79. The van der Waals surface area contributed by atoms with Crippen LogP contribution >= 0.6 is 0 Å². The average molecular weight is 405 g/mol. The van der Waals surface area contributed by atoms with E-state index in [1.807, 2.05) is 0 Å². The molecule has 0 spiro atoms. The van der Waals surface area contributed by atoms with E-state index < -0.39 is 23.6 Å². The Hall–Kier alpha value is -3.23. The van der Waals surface area contributed by atoms with Crippen molar-refractivity contribution in [2.24, 2.45) is 0 Å². The predicted molar refractivity (Wildman–Crippen MR) is 94.1 cm³/mol. The quantitative estimate of drug-likeness (QED) is 0.584. The molecule has 1 aromatic heterocycles. The number of carbonyl (C=O) groups excluding carboxylic acids is 1. The number of likely N-dealkylation sites (tertiary alicyclic amines) is 1. The molecule has 0 aliphatic carbocycles. The monoisotopic (exact) mass is 405 g/mol. The normalized spacial score (nSPS) is 17.0. The molecule has 1 unspecified atom stereocenters. The predicted octanol–water partition coefficient (Wildman–Crippen LogP) is 4.87. The van der Waals surface area contributed by atoms with Crippen molar-refractivity contribution in [2.75, 3.05) is 6.54 Å². The van der Waals surface area contributed by atoms with Crippen molar-refractivity contribution in [3.63, 3.8) is 0 Å². The summed E-state index contributed by atoms with van der Waals surface area (Å²) < 4.78 is 57.2. The Morgan fingerprint density at radius 2 is 1.90 bits per heavy atom. The van der Waals surface area contributed by atoms with E-state index in [0.29, 0.717) is 24.9 Å². The first kappa shape index (κ1) is 19.1. The Morgan fingerprint density at radius 1 is 1.14 bits per heavy atom. The van der Waals surface area contributed by atoms with Crippen molar-refractivity contribution >= 4 is 5.91 Å². The summed E-state index contributed by atoms with van der Waals surface area (Å²) in [6, 6.07) is 9.36. The third-order valence-electron chi connectivity index (χ3n) is 4.78. The second-order valence-corrected chi connectivity index (χ2v) is 6.70. The van der Waals surface area contributed by atoms with Crippen molar-refractivity contribution < 1.29 is 26.9 Å². The molecule has 1 saturated heterocycles. The molecule has 1 fully saturated rings. The van der Waals surface area contributed by atoms with Crippen LogP contribution in [0.3, 0.4) is 0 Å². The highest BCUT2D eigenvalue weighted by molar-refractivity contribution is 5.94. The van der Waals surface area contributed by atoms with Gasteiger partial charge in [-0.15, -0.1) is 0 Å². The van der Waals surface area contributed by atoms with Crippen LogP contribution in [0.1, 0.15) is 40.7 Å². The minimum atomic E-state index is -4.48. The van der Waals surface area contributed by atoms with Gasteiger partial charge in [0.2, 0.25) is 11.7 Å². The topological polar surface area (TPSA) is 59.2 Å². The van der Waals surface area contributed by atoms with Gasteiger partial charge < -0.3 is 9.42 Å². The van der Waals surface area contributed by atoms with Crippen molar-refractivity contribution in [1.82, 2.24) is 15.0 Å².